The molecule has 0 aromatic heterocycles. The van der Waals surface area contributed by atoms with Crippen molar-refractivity contribution in [2.24, 2.45) is 0 Å². The van der Waals surface area contributed by atoms with Gasteiger partial charge in [-0.15, -0.1) is 0 Å². The molecular formula is C36H29Br5Cl5IO. The minimum atomic E-state index is 0.560. The number of aryl methyl sites for hydroxylation is 5. The minimum absolute atomic E-state index is 0.560. The summed E-state index contributed by atoms with van der Waals surface area (Å²) in [7, 11) is 1.59. The molecule has 256 valence electrons. The molecule has 0 fully saturated rings. The van der Waals surface area contributed by atoms with Crippen LogP contribution in [-0.2, 0) is 0 Å². The van der Waals surface area contributed by atoms with Gasteiger partial charge < -0.3 is 4.74 Å². The van der Waals surface area contributed by atoms with Crippen LogP contribution in [0.2, 0.25) is 25.1 Å². The van der Waals surface area contributed by atoms with Crippen LogP contribution in [-0.4, -0.2) is 7.11 Å². The Morgan fingerprint density at radius 3 is 1.38 bits per heavy atom. The predicted molar refractivity (Wildman–Crippen MR) is 238 cm³/mol. The molecule has 0 bridgehead atoms. The second-order valence-corrected chi connectivity index (χ2v) is 17.8. The largest absolute Gasteiger partial charge is 0.495 e. The number of rotatable bonds is 2. The van der Waals surface area contributed by atoms with E-state index in [1.165, 1.54) is 5.56 Å². The molecule has 12 heteroatoms. The zero-order chi connectivity index (χ0) is 36.5. The van der Waals surface area contributed by atoms with E-state index in [0.717, 1.165) is 79.4 Å². The van der Waals surface area contributed by atoms with Crippen molar-refractivity contribution in [3.63, 3.8) is 0 Å². The maximum absolute atomic E-state index is 6.19. The average Bonchev–Trinajstić information content (AvgIpc) is 3.01. The number of methoxy groups -OCH3 is 1. The molecule has 5 aromatic rings. The van der Waals surface area contributed by atoms with Gasteiger partial charge in [0.15, 0.2) is 0 Å². The van der Waals surface area contributed by atoms with Crippen LogP contribution < -0.4 is 4.74 Å². The first kappa shape index (κ1) is 44.6. The van der Waals surface area contributed by atoms with Gasteiger partial charge >= 0.3 is 0 Å². The minimum Gasteiger partial charge on any atom is -0.495 e. The Labute approximate surface area is 364 Å². The van der Waals surface area contributed by atoms with Crippen molar-refractivity contribution < 1.29 is 4.74 Å². The summed E-state index contributed by atoms with van der Waals surface area (Å²) in [6, 6.07) is 21.4. The lowest BCUT2D eigenvalue weighted by atomic mass is 10.0. The molecule has 0 heterocycles. The zero-order valence-corrected chi connectivity index (χ0v) is 40.3. The van der Waals surface area contributed by atoms with Gasteiger partial charge in [0.25, 0.3) is 0 Å². The molecule has 0 aliphatic carbocycles. The maximum atomic E-state index is 6.19. The van der Waals surface area contributed by atoms with E-state index in [-0.39, 0.29) is 0 Å². The predicted octanol–water partition coefficient (Wildman–Crippen LogP) is 17.6. The highest BCUT2D eigenvalue weighted by molar-refractivity contribution is 14.1. The first-order chi connectivity index (χ1) is 22.4. The van der Waals surface area contributed by atoms with Crippen LogP contribution in [0.5, 0.6) is 5.75 Å². The Morgan fingerprint density at radius 2 is 0.896 bits per heavy atom. The lowest BCUT2D eigenvalue weighted by Crippen LogP contribution is -1.89. The molecule has 0 unspecified atom stereocenters. The summed E-state index contributed by atoms with van der Waals surface area (Å²) in [4.78, 5) is 0. The van der Waals surface area contributed by atoms with Gasteiger partial charge in [0.05, 0.1) is 12.1 Å². The van der Waals surface area contributed by atoms with Gasteiger partial charge in [-0.2, -0.15) is 0 Å². The Morgan fingerprint density at radius 1 is 0.458 bits per heavy atom. The van der Waals surface area contributed by atoms with Crippen LogP contribution in [0.4, 0.5) is 0 Å². The molecule has 1 nitrogen and oxygen atoms in total. The quantitative estimate of drug-likeness (QED) is 0.126. The summed E-state index contributed by atoms with van der Waals surface area (Å²) < 4.78 is 11.5. The van der Waals surface area contributed by atoms with Gasteiger partial charge in [0.1, 0.15) is 5.75 Å². The van der Waals surface area contributed by atoms with Gasteiger partial charge in [-0.1, -0.05) is 122 Å². The molecular weight excluding hydrogens is 1150 g/mol. The first-order valence-corrected chi connectivity index (χ1v) is 20.7. The molecule has 0 radical (unpaired) electrons. The van der Waals surface area contributed by atoms with Crippen molar-refractivity contribution in [3.8, 4) is 16.9 Å². The van der Waals surface area contributed by atoms with Crippen LogP contribution in [0, 0.1) is 38.2 Å². The number of hydrogen-bond acceptors (Lipinski definition) is 1. The Bertz CT molecular complexity index is 1750. The summed E-state index contributed by atoms with van der Waals surface area (Å²) in [5.41, 5.74) is 7.45. The summed E-state index contributed by atoms with van der Waals surface area (Å²) in [5.74, 6) is 0.631. The number of hydrogen-bond donors (Lipinski definition) is 0. The molecule has 0 spiro atoms. The van der Waals surface area contributed by atoms with Crippen molar-refractivity contribution in [2.45, 2.75) is 34.6 Å². The van der Waals surface area contributed by atoms with Crippen LogP contribution in [0.25, 0.3) is 11.1 Å². The highest BCUT2D eigenvalue weighted by Crippen LogP contribution is 2.41. The highest BCUT2D eigenvalue weighted by atomic mass is 127. The van der Waals surface area contributed by atoms with Crippen molar-refractivity contribution in [1.82, 2.24) is 0 Å². The standard InChI is InChI=1S/C14H10Br2Cl2O.C8H8BrCl.C7H5BrClI.C7H6BrCl/c1-7-3-10(15)8(4-12(7)17)9-5-13(18)14(19-2)6-11(9)16;1-5-4-8(10)6(2)3-7(5)9;1-4-2-5(8)7(10)3-6(4)9;1-5-4-6(8)2-3-7(5)9/h3-6H,1-2H3;3-4H,1-2H3;2-3H,1H3;2-4H,1H3. The molecule has 0 atom stereocenters. The maximum Gasteiger partial charge on any atom is 0.138 e. The fourth-order valence-electron chi connectivity index (χ4n) is 3.72. The van der Waals surface area contributed by atoms with Gasteiger partial charge in [0, 0.05) is 46.0 Å². The molecule has 5 rings (SSSR count). The Balaban J connectivity index is 0.000000236. The monoisotopic (exact) mass is 1170 g/mol. The fraction of sp³-hybridized carbons (Fsp3) is 0.167. The van der Waals surface area contributed by atoms with Crippen LogP contribution in [0.3, 0.4) is 0 Å². The zero-order valence-electron chi connectivity index (χ0n) is 26.4. The third-order valence-electron chi connectivity index (χ3n) is 6.54. The summed E-state index contributed by atoms with van der Waals surface area (Å²) in [5, 5.41) is 3.76. The number of ether oxygens (including phenoxy) is 1. The molecule has 0 saturated heterocycles. The second-order valence-electron chi connectivity index (χ2n) is 10.3. The lowest BCUT2D eigenvalue weighted by Gasteiger charge is -2.12. The molecule has 0 amide bonds. The highest BCUT2D eigenvalue weighted by Gasteiger charge is 2.13. The van der Waals surface area contributed by atoms with E-state index in [1.807, 2.05) is 101 Å². The fourth-order valence-corrected chi connectivity index (χ4v) is 7.87. The third kappa shape index (κ3) is 13.8. The van der Waals surface area contributed by atoms with E-state index in [9.17, 15) is 0 Å². The molecule has 0 aliphatic heterocycles. The smallest absolute Gasteiger partial charge is 0.138 e. The van der Waals surface area contributed by atoms with Crippen LogP contribution >= 0.6 is 160 Å². The molecule has 0 N–H and O–H groups in total. The van der Waals surface area contributed by atoms with E-state index in [4.69, 9.17) is 62.7 Å². The lowest BCUT2D eigenvalue weighted by molar-refractivity contribution is 0.415. The molecule has 0 aliphatic rings. The molecule has 5 aromatic carbocycles. The van der Waals surface area contributed by atoms with E-state index in [1.54, 1.807) is 7.11 Å². The van der Waals surface area contributed by atoms with Gasteiger partial charge in [-0.3, -0.25) is 0 Å². The van der Waals surface area contributed by atoms with Gasteiger partial charge in [-0.05, 0) is 179 Å². The van der Waals surface area contributed by atoms with E-state index in [0.29, 0.717) is 10.8 Å². The number of halogens is 11. The van der Waals surface area contributed by atoms with Crippen molar-refractivity contribution in [1.29, 1.82) is 0 Å². The van der Waals surface area contributed by atoms with Crippen LogP contribution in [0.1, 0.15) is 27.8 Å². The van der Waals surface area contributed by atoms with Crippen molar-refractivity contribution in [3.05, 3.63) is 146 Å². The number of benzene rings is 5. The Kier molecular flexibility index (Phi) is 19.8. The average molecular weight is 1180 g/mol. The van der Waals surface area contributed by atoms with E-state index in [2.05, 4.69) is 102 Å². The van der Waals surface area contributed by atoms with E-state index < -0.39 is 0 Å². The third-order valence-corrected chi connectivity index (χ3v) is 13.4. The summed E-state index contributed by atoms with van der Waals surface area (Å²) in [6.07, 6.45) is 0. The van der Waals surface area contributed by atoms with Crippen molar-refractivity contribution >= 4 is 160 Å². The van der Waals surface area contributed by atoms with Crippen LogP contribution in [0.15, 0.2) is 89.1 Å². The SMILES string of the molecule is COc1cc(Br)c(-c2cc(Cl)c(C)cc2Br)cc1Cl.Cc1cc(Br)c(C)cc1Cl.Cc1cc(Br)c(I)cc1Cl.Cc1cc(Br)ccc1Cl. The summed E-state index contributed by atoms with van der Waals surface area (Å²) >= 11 is 49.4. The van der Waals surface area contributed by atoms with E-state index >= 15 is 0 Å². The molecule has 48 heavy (non-hydrogen) atoms. The van der Waals surface area contributed by atoms with Gasteiger partial charge in [0.2, 0.25) is 0 Å². The summed E-state index contributed by atoms with van der Waals surface area (Å²) in [6.45, 7) is 9.95. The topological polar surface area (TPSA) is 9.23 Å². The second kappa shape index (κ2) is 21.2. The van der Waals surface area contributed by atoms with Crippen molar-refractivity contribution in [2.75, 3.05) is 7.11 Å². The Hall–Kier alpha value is 0.480. The van der Waals surface area contributed by atoms with Gasteiger partial charge in [-0.25, -0.2) is 0 Å². The normalized spacial score (nSPS) is 10.2. The first-order valence-electron chi connectivity index (χ1n) is 13.8. The molecule has 0 saturated carbocycles.